The Hall–Kier alpha value is -7.21. The molecule has 0 bridgehead atoms. The standard InChI is InChI=1S/C46H37N9O5S3/c47-43-50-39(54-63-43)36(53-60-46(30-20-10-3-11-21-30,31-22-12-4-13-23-31)32-24-14-5-15-25-32)40(56)49-35-33-26-27-34(61-45-52-51-44(48)62-45)37(55(33)41(35)57)42(58)59-38(28-16-6-1-7-17-28)29-18-8-2-9-19-29/h1-25,33,35,38H,26-27H2,(H2,48,51)(H,49,56)(H2,47,50,54)/b53-36-/t33-,35+/m1/s1. The van der Waals surface area contributed by atoms with Gasteiger partial charge in [0.05, 0.1) is 6.04 Å². The zero-order valence-electron chi connectivity index (χ0n) is 33.2. The van der Waals surface area contributed by atoms with E-state index < -0.39 is 41.6 Å². The van der Waals surface area contributed by atoms with Crippen LogP contribution in [-0.4, -0.2) is 60.0 Å². The number of carbonyl (C=O) groups excluding carboxylic acids is 3. The van der Waals surface area contributed by atoms with Gasteiger partial charge in [-0.15, -0.1) is 10.2 Å². The summed E-state index contributed by atoms with van der Waals surface area (Å²) >= 11 is 3.25. The third-order valence-electron chi connectivity index (χ3n) is 10.6. The number of hydrogen-bond acceptors (Lipinski definition) is 15. The van der Waals surface area contributed by atoms with Crippen LogP contribution >= 0.6 is 34.6 Å². The van der Waals surface area contributed by atoms with Gasteiger partial charge < -0.3 is 26.4 Å². The average Bonchev–Trinajstić information content (AvgIpc) is 3.96. The van der Waals surface area contributed by atoms with Crippen molar-refractivity contribution in [2.24, 2.45) is 5.16 Å². The molecule has 0 unspecified atom stereocenters. The van der Waals surface area contributed by atoms with Gasteiger partial charge >= 0.3 is 5.97 Å². The minimum atomic E-state index is -1.34. The number of ether oxygens (including phenoxy) is 1. The van der Waals surface area contributed by atoms with E-state index in [0.29, 0.717) is 22.1 Å². The van der Waals surface area contributed by atoms with E-state index in [0.717, 1.165) is 50.7 Å². The van der Waals surface area contributed by atoms with Crippen molar-refractivity contribution in [3.63, 3.8) is 0 Å². The molecule has 9 rings (SSSR count). The second-order valence-corrected chi connectivity index (χ2v) is 17.6. The number of fused-ring (bicyclic) bond motifs is 1. The highest BCUT2D eigenvalue weighted by atomic mass is 32.2. The number of amides is 2. The molecule has 0 saturated carbocycles. The van der Waals surface area contributed by atoms with E-state index in [1.54, 1.807) is 0 Å². The van der Waals surface area contributed by atoms with Gasteiger partial charge in [-0.25, -0.2) is 4.79 Å². The molecule has 17 heteroatoms. The lowest BCUT2D eigenvalue weighted by molar-refractivity contribution is -0.158. The summed E-state index contributed by atoms with van der Waals surface area (Å²) in [6, 6.07) is 45.7. The Morgan fingerprint density at radius 3 is 1.81 bits per heavy atom. The summed E-state index contributed by atoms with van der Waals surface area (Å²) in [6.45, 7) is 0. The monoisotopic (exact) mass is 891 g/mol. The maximum atomic E-state index is 14.6. The number of nitrogen functional groups attached to an aromatic ring is 2. The zero-order valence-corrected chi connectivity index (χ0v) is 35.6. The van der Waals surface area contributed by atoms with Gasteiger partial charge in [0.2, 0.25) is 22.3 Å². The number of rotatable bonds is 14. The first kappa shape index (κ1) is 41.2. The van der Waals surface area contributed by atoms with Crippen molar-refractivity contribution in [1.29, 1.82) is 0 Å². The van der Waals surface area contributed by atoms with Crippen LogP contribution in [0.5, 0.6) is 0 Å². The van der Waals surface area contributed by atoms with Crippen LogP contribution in [0.15, 0.2) is 172 Å². The van der Waals surface area contributed by atoms with E-state index in [1.165, 1.54) is 16.7 Å². The Kier molecular flexibility index (Phi) is 11.8. The smallest absolute Gasteiger partial charge is 0.356 e. The van der Waals surface area contributed by atoms with E-state index in [1.807, 2.05) is 152 Å². The van der Waals surface area contributed by atoms with Gasteiger partial charge in [-0.3, -0.25) is 14.5 Å². The Morgan fingerprint density at radius 2 is 1.32 bits per heavy atom. The highest BCUT2D eigenvalue weighted by Gasteiger charge is 2.54. The van der Waals surface area contributed by atoms with E-state index in [-0.39, 0.29) is 27.5 Å². The summed E-state index contributed by atoms with van der Waals surface area (Å²) in [5, 5.41) is 15.9. The molecule has 0 spiro atoms. The Labute approximate surface area is 373 Å². The van der Waals surface area contributed by atoms with Crippen LogP contribution in [0.25, 0.3) is 0 Å². The first-order valence-electron chi connectivity index (χ1n) is 19.8. The number of aromatic nitrogens is 4. The minimum Gasteiger partial charge on any atom is -0.448 e. The van der Waals surface area contributed by atoms with Crippen molar-refractivity contribution in [3.05, 3.63) is 196 Å². The number of β-lactam (4-membered cyclic amide) rings is 1. The molecule has 0 aliphatic carbocycles. The lowest BCUT2D eigenvalue weighted by Gasteiger charge is -2.50. The number of thioether (sulfide) groups is 1. The normalized spacial score (nSPS) is 16.3. The fourth-order valence-corrected chi connectivity index (χ4v) is 10.0. The molecule has 1 fully saturated rings. The fraction of sp³-hybridized carbons (Fsp3) is 0.130. The minimum absolute atomic E-state index is 0.0573. The second kappa shape index (κ2) is 18.0. The lowest BCUT2D eigenvalue weighted by Crippen LogP contribution is -2.72. The molecule has 14 nitrogen and oxygen atoms in total. The van der Waals surface area contributed by atoms with Gasteiger partial charge in [0.15, 0.2) is 15.6 Å². The number of allylic oxidation sites excluding steroid dienone is 1. The Morgan fingerprint density at radius 1 is 0.778 bits per heavy atom. The van der Waals surface area contributed by atoms with E-state index in [2.05, 4.69) is 30.0 Å². The number of esters is 1. The van der Waals surface area contributed by atoms with Crippen LogP contribution in [-0.2, 0) is 29.6 Å². The van der Waals surface area contributed by atoms with Crippen molar-refractivity contribution in [2.45, 2.75) is 41.0 Å². The van der Waals surface area contributed by atoms with Gasteiger partial charge in [-0.1, -0.05) is 180 Å². The van der Waals surface area contributed by atoms with E-state index in [9.17, 15) is 14.4 Å². The Bertz CT molecular complexity index is 2670. The molecule has 1 saturated heterocycles. The molecule has 2 aromatic heterocycles. The zero-order chi connectivity index (χ0) is 43.3. The van der Waals surface area contributed by atoms with Crippen LogP contribution in [0.1, 0.15) is 52.6 Å². The van der Waals surface area contributed by atoms with Gasteiger partial charge in [-0.2, -0.15) is 9.36 Å². The first-order valence-corrected chi connectivity index (χ1v) is 22.2. The number of anilines is 2. The molecule has 5 N–H and O–H groups in total. The molecular weight excluding hydrogens is 855 g/mol. The number of benzene rings is 5. The highest BCUT2D eigenvalue weighted by molar-refractivity contribution is 8.04. The molecule has 2 atom stereocenters. The summed E-state index contributed by atoms with van der Waals surface area (Å²) in [4.78, 5) is 56.4. The molecule has 2 amide bonds. The van der Waals surface area contributed by atoms with Gasteiger partial charge in [0.1, 0.15) is 11.7 Å². The number of oxime groups is 1. The topological polar surface area (TPSA) is 201 Å². The molecule has 314 valence electrons. The van der Waals surface area contributed by atoms with E-state index in [4.69, 9.17) is 21.0 Å². The number of nitrogens with one attached hydrogen (secondary N) is 1. The summed E-state index contributed by atoms with van der Waals surface area (Å²) < 4.78 is 11.1. The van der Waals surface area contributed by atoms with Crippen LogP contribution in [0.4, 0.5) is 10.3 Å². The van der Waals surface area contributed by atoms with Gasteiger partial charge in [-0.05, 0) is 24.0 Å². The predicted molar refractivity (Wildman–Crippen MR) is 241 cm³/mol. The molecule has 4 heterocycles. The highest BCUT2D eigenvalue weighted by Crippen LogP contribution is 2.45. The molecule has 2 aliphatic rings. The van der Waals surface area contributed by atoms with Crippen LogP contribution in [0.3, 0.4) is 0 Å². The van der Waals surface area contributed by atoms with Crippen molar-refractivity contribution in [2.75, 3.05) is 11.5 Å². The first-order chi connectivity index (χ1) is 30.8. The predicted octanol–water partition coefficient (Wildman–Crippen LogP) is 7.09. The molecule has 63 heavy (non-hydrogen) atoms. The molecule has 0 radical (unpaired) electrons. The Balaban J connectivity index is 1.05. The van der Waals surface area contributed by atoms with Crippen molar-refractivity contribution in [3.8, 4) is 0 Å². The number of nitrogens with zero attached hydrogens (tertiary/aromatic N) is 6. The quantitative estimate of drug-likeness (QED) is 0.0330. The number of nitrogens with two attached hydrogens (primary N) is 2. The van der Waals surface area contributed by atoms with Crippen molar-refractivity contribution < 1.29 is 24.0 Å². The maximum Gasteiger partial charge on any atom is 0.356 e. The summed E-state index contributed by atoms with van der Waals surface area (Å²) in [7, 11) is 0. The largest absolute Gasteiger partial charge is 0.448 e. The van der Waals surface area contributed by atoms with Crippen LogP contribution < -0.4 is 16.8 Å². The summed E-state index contributed by atoms with van der Waals surface area (Å²) in [5.41, 5.74) is 14.1. The molecule has 2 aliphatic heterocycles. The van der Waals surface area contributed by atoms with Crippen molar-refractivity contribution >= 4 is 68.4 Å². The fourth-order valence-electron chi connectivity index (χ4n) is 7.75. The molecule has 7 aromatic rings. The van der Waals surface area contributed by atoms with Crippen molar-refractivity contribution in [1.82, 2.24) is 29.8 Å². The average molecular weight is 892 g/mol. The molecular formula is C46H37N9O5S3. The summed E-state index contributed by atoms with van der Waals surface area (Å²) in [5.74, 6) is -2.10. The number of carbonyl (C=O) groups is 3. The van der Waals surface area contributed by atoms with Gasteiger partial charge in [0.25, 0.3) is 11.8 Å². The molecule has 5 aromatic carbocycles. The lowest BCUT2D eigenvalue weighted by atomic mass is 9.80. The second-order valence-electron chi connectivity index (χ2n) is 14.4. The SMILES string of the molecule is Nc1nc(/C(=N/OC(c2ccccc2)(c2ccccc2)c2ccccc2)C(=O)N[C@@H]2C(=O)N3C(C(=O)OC(c4ccccc4)c4ccccc4)=C(Sc4nnc(N)s4)CC[C@H]23)ns1. The van der Waals surface area contributed by atoms with Crippen LogP contribution in [0.2, 0.25) is 0 Å². The third kappa shape index (κ3) is 8.28. The van der Waals surface area contributed by atoms with Gasteiger partial charge in [0, 0.05) is 33.1 Å². The maximum absolute atomic E-state index is 14.6. The van der Waals surface area contributed by atoms with Crippen LogP contribution in [0, 0.1) is 0 Å². The van der Waals surface area contributed by atoms with E-state index >= 15 is 0 Å². The number of hydrogen-bond donors (Lipinski definition) is 3. The third-order valence-corrected chi connectivity index (χ3v) is 13.1. The summed E-state index contributed by atoms with van der Waals surface area (Å²) in [6.07, 6.45) is -0.0252.